The van der Waals surface area contributed by atoms with Crippen LogP contribution in [-0.4, -0.2) is 28.7 Å². The van der Waals surface area contributed by atoms with Crippen LogP contribution in [0.5, 0.6) is 0 Å². The number of nitrogens with zero attached hydrogens (tertiary/aromatic N) is 1. The average molecular weight is 256 g/mol. The van der Waals surface area contributed by atoms with E-state index in [0.717, 1.165) is 6.04 Å². The third-order valence-corrected chi connectivity index (χ3v) is 2.90. The van der Waals surface area contributed by atoms with Gasteiger partial charge >= 0.3 is 0 Å². The van der Waals surface area contributed by atoms with E-state index in [0.29, 0.717) is 0 Å². The maximum atomic E-state index is 8.60. The summed E-state index contributed by atoms with van der Waals surface area (Å²) < 4.78 is 32.7. The van der Waals surface area contributed by atoms with Gasteiger partial charge in [-0.1, -0.05) is 33.1 Å². The van der Waals surface area contributed by atoms with Crippen LogP contribution in [-0.2, 0) is 0 Å². The first-order valence-electron chi connectivity index (χ1n) is 5.75. The van der Waals surface area contributed by atoms with E-state index >= 15 is 0 Å². The molecule has 1 N–H and O–H groups in total. The van der Waals surface area contributed by atoms with Gasteiger partial charge < -0.3 is 4.90 Å². The Balaban J connectivity index is 0.000000385. The first kappa shape index (κ1) is 16.1. The summed E-state index contributed by atoms with van der Waals surface area (Å²) in [6.07, 6.45) is 7.28. The predicted octanol–water partition coefficient (Wildman–Crippen LogP) is -1.46. The molecule has 5 nitrogen and oxygen atoms in total. The van der Waals surface area contributed by atoms with Gasteiger partial charge in [-0.2, -0.15) is 14.0 Å². The summed E-state index contributed by atoms with van der Waals surface area (Å²) in [7, 11) is -4.69. The summed E-state index contributed by atoms with van der Waals surface area (Å²) in [5.41, 5.74) is 0. The molecule has 0 atom stereocenters. The van der Waals surface area contributed by atoms with E-state index in [1.807, 2.05) is 0 Å². The predicted molar refractivity (Wildman–Crippen MR) is 52.0 cm³/mol. The van der Waals surface area contributed by atoms with Crippen molar-refractivity contribution in [2.45, 2.75) is 52.0 Å². The van der Waals surface area contributed by atoms with Crippen molar-refractivity contribution in [2.24, 2.45) is 0 Å². The van der Waals surface area contributed by atoms with E-state index in [1.54, 1.807) is 0 Å². The maximum absolute atomic E-state index is 8.60. The third-order valence-electron chi connectivity index (χ3n) is 2.90. The Labute approximate surface area is 99.4 Å². The average Bonchev–Trinajstić information content (AvgIpc) is 2.19. The van der Waals surface area contributed by atoms with E-state index in [4.69, 9.17) is 18.6 Å². The van der Waals surface area contributed by atoms with Crippen molar-refractivity contribution < 1.29 is 28.9 Å². The maximum Gasteiger partial charge on any atom is 0.0777 e. The van der Waals surface area contributed by atoms with Crippen molar-refractivity contribution in [3.63, 3.8) is 0 Å². The molecule has 0 unspecified atom stereocenters. The first-order chi connectivity index (χ1) is 7.38. The van der Waals surface area contributed by atoms with Gasteiger partial charge in [-0.25, -0.2) is 0 Å². The van der Waals surface area contributed by atoms with Crippen molar-refractivity contribution in [3.8, 4) is 0 Å². The summed E-state index contributed by atoms with van der Waals surface area (Å²) in [6, 6.07) is 0.916. The molecule has 1 rings (SSSR count). The van der Waals surface area contributed by atoms with Crippen molar-refractivity contribution >= 4 is 0 Å². The minimum absolute atomic E-state index is 0.916. The summed E-state index contributed by atoms with van der Waals surface area (Å²) >= 11 is 0. The highest BCUT2D eigenvalue weighted by Gasteiger charge is 2.17. The lowest BCUT2D eigenvalue weighted by Gasteiger charge is -2.32. The highest BCUT2D eigenvalue weighted by molar-refractivity contribution is 4.73. The molecule has 98 valence electrons. The van der Waals surface area contributed by atoms with E-state index in [9.17, 15) is 0 Å². The van der Waals surface area contributed by atoms with Crippen LogP contribution in [0.15, 0.2) is 0 Å². The zero-order valence-electron chi connectivity index (χ0n) is 10.0. The largest absolute Gasteiger partial charge is 0.301 e. The zero-order valence-corrected chi connectivity index (χ0v) is 10.8. The van der Waals surface area contributed by atoms with Gasteiger partial charge in [0.25, 0.3) is 0 Å². The zero-order chi connectivity index (χ0) is 12.6. The molecule has 1 saturated carbocycles. The van der Waals surface area contributed by atoms with Crippen molar-refractivity contribution in [1.29, 1.82) is 0 Å². The van der Waals surface area contributed by atoms with Crippen molar-refractivity contribution in [3.05, 3.63) is 0 Å². The minimum atomic E-state index is -4.69. The fourth-order valence-electron chi connectivity index (χ4n) is 2.19. The van der Waals surface area contributed by atoms with Gasteiger partial charge in [0.15, 0.2) is 0 Å². The van der Waals surface area contributed by atoms with Gasteiger partial charge in [-0.15, -0.1) is 0 Å². The molecule has 1 aliphatic carbocycles. The van der Waals surface area contributed by atoms with E-state index in [1.165, 1.54) is 45.2 Å². The molecular formula is C10H22ClNO4. The van der Waals surface area contributed by atoms with Crippen molar-refractivity contribution in [1.82, 2.24) is 4.90 Å². The molecule has 0 saturated heterocycles. The quantitative estimate of drug-likeness (QED) is 0.665. The van der Waals surface area contributed by atoms with Crippen LogP contribution in [0.1, 0.15) is 46.0 Å². The Morgan fingerprint density at radius 3 is 1.75 bits per heavy atom. The lowest BCUT2D eigenvalue weighted by molar-refractivity contribution is -1.92. The topological polar surface area (TPSA) is 92.7 Å². The van der Waals surface area contributed by atoms with E-state index in [-0.39, 0.29) is 0 Å². The molecule has 0 heterocycles. The molecule has 0 amide bonds. The van der Waals surface area contributed by atoms with Crippen LogP contribution in [0.3, 0.4) is 0 Å². The Bertz CT molecular complexity index is 159. The summed E-state index contributed by atoms with van der Waals surface area (Å²) in [4.78, 5) is 2.61. The second-order valence-corrected chi connectivity index (χ2v) is 4.70. The smallest absolute Gasteiger partial charge is 0.0777 e. The summed E-state index contributed by atoms with van der Waals surface area (Å²) in [6.45, 7) is 7.03. The van der Waals surface area contributed by atoms with Crippen LogP contribution in [0.4, 0.5) is 0 Å². The lowest BCUT2D eigenvalue weighted by Crippen LogP contribution is -2.58. The molecule has 0 bridgehead atoms. The monoisotopic (exact) mass is 255 g/mol. The molecule has 1 aliphatic rings. The number of hydrogen-bond acceptors (Lipinski definition) is 5. The molecule has 1 fully saturated rings. The number of hydrogen-bond donors (Lipinski definition) is 1. The molecular weight excluding hydrogens is 234 g/mol. The molecule has 0 aliphatic heterocycles. The molecule has 0 aromatic carbocycles. The number of halogens is 1. The Hall–Kier alpha value is 0.0900. The number of rotatable bonds is 3. The second-order valence-electron chi connectivity index (χ2n) is 3.91. The Morgan fingerprint density at radius 2 is 1.44 bits per heavy atom. The van der Waals surface area contributed by atoms with E-state index in [2.05, 4.69) is 18.7 Å². The van der Waals surface area contributed by atoms with Gasteiger partial charge in [0.2, 0.25) is 0 Å². The minimum Gasteiger partial charge on any atom is -0.301 e. The molecule has 0 radical (unpaired) electrons. The highest BCUT2D eigenvalue weighted by Crippen LogP contribution is 2.21. The molecule has 0 spiro atoms. The van der Waals surface area contributed by atoms with Gasteiger partial charge in [0.1, 0.15) is 0 Å². The third kappa shape index (κ3) is 9.33. The molecule has 16 heavy (non-hydrogen) atoms. The van der Waals surface area contributed by atoms with Gasteiger partial charge in [-0.05, 0) is 25.9 Å². The van der Waals surface area contributed by atoms with Crippen LogP contribution in [0.2, 0.25) is 0 Å². The fourth-order valence-corrected chi connectivity index (χ4v) is 2.19. The fraction of sp³-hybridized carbons (Fsp3) is 1.00. The van der Waals surface area contributed by atoms with Gasteiger partial charge in [0.05, 0.1) is 14.9 Å². The van der Waals surface area contributed by atoms with Crippen LogP contribution in [0.25, 0.3) is 0 Å². The van der Waals surface area contributed by atoms with Crippen LogP contribution in [0, 0.1) is 10.2 Å². The summed E-state index contributed by atoms with van der Waals surface area (Å²) in [5.74, 6) is 0. The normalized spacial score (nSPS) is 18.2. The van der Waals surface area contributed by atoms with Crippen LogP contribution < -0.4 is 14.0 Å². The standard InChI is InChI=1S/C10H21N.ClHO4/c1-3-11(4-2)10-8-6-5-7-9-10;2-1(3,4)5/h10H,3-9H2,1-2H3;(H,2,3,4,5). The highest BCUT2D eigenvalue weighted by atomic mass is 35.7. The lowest BCUT2D eigenvalue weighted by atomic mass is 9.94. The van der Waals surface area contributed by atoms with Gasteiger partial charge in [-0.3, -0.25) is 0 Å². The van der Waals surface area contributed by atoms with Crippen molar-refractivity contribution in [2.75, 3.05) is 13.1 Å². The molecule has 6 heteroatoms. The van der Waals surface area contributed by atoms with Gasteiger partial charge in [0, 0.05) is 6.04 Å². The molecule has 0 aromatic rings. The SMILES string of the molecule is CCN(CC)C1CCCCC1.[O-][Cl+3]([O-])([O-])O. The summed E-state index contributed by atoms with van der Waals surface area (Å²) in [5, 5.41) is 0. The first-order valence-corrected chi connectivity index (χ1v) is 7.02. The van der Waals surface area contributed by atoms with Crippen LogP contribution >= 0.6 is 0 Å². The molecule has 0 aromatic heterocycles. The Morgan fingerprint density at radius 1 is 1.06 bits per heavy atom. The second kappa shape index (κ2) is 8.22. The Kier molecular flexibility index (Phi) is 8.27. The van der Waals surface area contributed by atoms with E-state index < -0.39 is 10.2 Å².